The van der Waals surface area contributed by atoms with Crippen LogP contribution >= 0.6 is 0 Å². The normalized spacial score (nSPS) is 10.8. The van der Waals surface area contributed by atoms with Gasteiger partial charge in [0.1, 0.15) is 11.4 Å². The summed E-state index contributed by atoms with van der Waals surface area (Å²) in [5, 5.41) is 17.0. The molecule has 0 amide bonds. The number of aromatic nitrogens is 5. The number of nitrogens with one attached hydrogen (secondary N) is 1. The van der Waals surface area contributed by atoms with E-state index in [9.17, 15) is 5.11 Å². The minimum Gasteiger partial charge on any atom is -0.506 e. The first-order valence-corrected chi connectivity index (χ1v) is 8.72. The van der Waals surface area contributed by atoms with Crippen molar-refractivity contribution in [3.63, 3.8) is 0 Å². The Labute approximate surface area is 161 Å². The van der Waals surface area contributed by atoms with E-state index in [4.69, 9.17) is 4.52 Å². The molecular weight excluding hydrogens is 356 g/mol. The van der Waals surface area contributed by atoms with Crippen molar-refractivity contribution in [2.24, 2.45) is 0 Å². The van der Waals surface area contributed by atoms with Gasteiger partial charge in [-0.2, -0.15) is 0 Å². The number of pyridine rings is 2. The molecule has 140 valence electrons. The van der Waals surface area contributed by atoms with Crippen molar-refractivity contribution in [3.8, 4) is 28.6 Å². The number of anilines is 1. The van der Waals surface area contributed by atoms with E-state index >= 15 is 0 Å². The second kappa shape index (κ2) is 7.43. The van der Waals surface area contributed by atoms with Crippen LogP contribution in [0.3, 0.4) is 0 Å². The summed E-state index contributed by atoms with van der Waals surface area (Å²) in [4.78, 5) is 17.5. The Morgan fingerprint density at radius 2 is 1.79 bits per heavy atom. The van der Waals surface area contributed by atoms with Crippen LogP contribution in [0, 0.1) is 13.8 Å². The van der Waals surface area contributed by atoms with Crippen LogP contribution in [-0.4, -0.2) is 30.2 Å². The maximum Gasteiger partial charge on any atom is 0.223 e. The molecule has 4 aromatic heterocycles. The number of nitrogens with zero attached hydrogens (tertiary/aromatic N) is 5. The Bertz CT molecular complexity index is 1110. The molecule has 0 aliphatic heterocycles. The van der Waals surface area contributed by atoms with Crippen molar-refractivity contribution in [2.75, 3.05) is 5.32 Å². The largest absolute Gasteiger partial charge is 0.506 e. The number of aryl methyl sites for hydroxylation is 2. The third-order valence-electron chi connectivity index (χ3n) is 4.28. The Hall–Kier alpha value is -3.81. The van der Waals surface area contributed by atoms with E-state index in [1.165, 1.54) is 0 Å². The second-order valence-electron chi connectivity index (χ2n) is 6.21. The van der Waals surface area contributed by atoms with E-state index in [1.54, 1.807) is 31.5 Å². The summed E-state index contributed by atoms with van der Waals surface area (Å²) >= 11 is 0. The first-order chi connectivity index (χ1) is 13.6. The quantitative estimate of drug-likeness (QED) is 0.546. The van der Waals surface area contributed by atoms with E-state index in [1.807, 2.05) is 31.2 Å². The van der Waals surface area contributed by atoms with Gasteiger partial charge in [-0.15, -0.1) is 0 Å². The lowest BCUT2D eigenvalue weighted by atomic mass is 10.1. The van der Waals surface area contributed by atoms with Gasteiger partial charge in [0.05, 0.1) is 22.8 Å². The highest BCUT2D eigenvalue weighted by Gasteiger charge is 2.17. The van der Waals surface area contributed by atoms with Gasteiger partial charge < -0.3 is 14.9 Å². The Morgan fingerprint density at radius 3 is 2.57 bits per heavy atom. The zero-order chi connectivity index (χ0) is 19.5. The van der Waals surface area contributed by atoms with E-state index < -0.39 is 0 Å². The second-order valence-corrected chi connectivity index (χ2v) is 6.21. The molecule has 0 aliphatic carbocycles. The zero-order valence-electron chi connectivity index (χ0n) is 15.4. The van der Waals surface area contributed by atoms with Gasteiger partial charge in [-0.3, -0.25) is 4.98 Å². The molecule has 0 spiro atoms. The molecule has 28 heavy (non-hydrogen) atoms. The van der Waals surface area contributed by atoms with Crippen LogP contribution in [-0.2, 0) is 6.54 Å². The van der Waals surface area contributed by atoms with E-state index in [0.717, 1.165) is 22.6 Å². The summed E-state index contributed by atoms with van der Waals surface area (Å²) in [6, 6.07) is 10.8. The number of aromatic hydroxyl groups is 1. The number of hydrogen-bond acceptors (Lipinski definition) is 8. The van der Waals surface area contributed by atoms with Gasteiger partial charge >= 0.3 is 0 Å². The highest BCUT2D eigenvalue weighted by molar-refractivity contribution is 5.60. The molecule has 8 heteroatoms. The summed E-state index contributed by atoms with van der Waals surface area (Å²) in [5.74, 6) is 1.16. The fourth-order valence-electron chi connectivity index (χ4n) is 2.75. The van der Waals surface area contributed by atoms with Crippen molar-refractivity contribution < 1.29 is 9.63 Å². The highest BCUT2D eigenvalue weighted by atomic mass is 16.5. The first-order valence-electron chi connectivity index (χ1n) is 8.72. The van der Waals surface area contributed by atoms with Crippen molar-refractivity contribution in [2.45, 2.75) is 20.4 Å². The minimum absolute atomic E-state index is 0.138. The molecule has 4 aromatic rings. The molecule has 8 nitrogen and oxygen atoms in total. The summed E-state index contributed by atoms with van der Waals surface area (Å²) in [5.41, 5.74) is 4.24. The standard InChI is InChI=1S/C20H18N6O2/c1-12-14(19(28-26-12)17-6-7-18(27)13(2)24-17)11-23-20-22-10-8-16(25-20)15-5-3-4-9-21-15/h3-10,27H,11H2,1-2H3,(H,22,23,25). The van der Waals surface area contributed by atoms with Crippen LogP contribution < -0.4 is 5.32 Å². The molecule has 0 aliphatic rings. The molecule has 4 rings (SSSR count). The van der Waals surface area contributed by atoms with Gasteiger partial charge in [0.15, 0.2) is 5.76 Å². The fraction of sp³-hybridized carbons (Fsp3) is 0.150. The third kappa shape index (κ3) is 3.52. The predicted octanol–water partition coefficient (Wildman–Crippen LogP) is 3.52. The molecule has 0 fully saturated rings. The smallest absolute Gasteiger partial charge is 0.223 e. The van der Waals surface area contributed by atoms with E-state index in [2.05, 4.69) is 30.4 Å². The van der Waals surface area contributed by atoms with Gasteiger partial charge in [0.2, 0.25) is 5.95 Å². The number of hydrogen-bond donors (Lipinski definition) is 2. The fourth-order valence-corrected chi connectivity index (χ4v) is 2.75. The summed E-state index contributed by atoms with van der Waals surface area (Å²) in [6.07, 6.45) is 3.41. The average molecular weight is 374 g/mol. The van der Waals surface area contributed by atoms with Crippen LogP contribution in [0.25, 0.3) is 22.8 Å². The SMILES string of the molecule is Cc1nc(-c2onc(C)c2CNc2nccc(-c3ccccn3)n2)ccc1O. The Morgan fingerprint density at radius 1 is 0.893 bits per heavy atom. The van der Waals surface area contributed by atoms with Gasteiger partial charge in [-0.25, -0.2) is 15.0 Å². The topological polar surface area (TPSA) is 110 Å². The van der Waals surface area contributed by atoms with Crippen LogP contribution in [0.1, 0.15) is 17.0 Å². The lowest BCUT2D eigenvalue weighted by Gasteiger charge is -2.07. The summed E-state index contributed by atoms with van der Waals surface area (Å²) in [6.45, 7) is 4.01. The van der Waals surface area contributed by atoms with Crippen LogP contribution in [0.15, 0.2) is 53.3 Å². The Balaban J connectivity index is 1.58. The van der Waals surface area contributed by atoms with Crippen molar-refractivity contribution in [1.82, 2.24) is 25.1 Å². The lowest BCUT2D eigenvalue weighted by Crippen LogP contribution is -2.05. The maximum absolute atomic E-state index is 9.69. The lowest BCUT2D eigenvalue weighted by molar-refractivity contribution is 0.425. The van der Waals surface area contributed by atoms with Gasteiger partial charge in [0.25, 0.3) is 0 Å². The molecule has 0 saturated carbocycles. The molecule has 0 saturated heterocycles. The maximum atomic E-state index is 9.69. The molecule has 0 radical (unpaired) electrons. The molecular formula is C20H18N6O2. The molecule has 0 unspecified atom stereocenters. The predicted molar refractivity (Wildman–Crippen MR) is 103 cm³/mol. The molecule has 0 aromatic carbocycles. The number of rotatable bonds is 5. The monoisotopic (exact) mass is 374 g/mol. The van der Waals surface area contributed by atoms with E-state index in [-0.39, 0.29) is 5.75 Å². The first kappa shape index (κ1) is 17.6. The van der Waals surface area contributed by atoms with Crippen molar-refractivity contribution in [3.05, 3.63) is 65.7 Å². The molecule has 4 heterocycles. The molecule has 0 atom stereocenters. The van der Waals surface area contributed by atoms with Gasteiger partial charge in [-0.1, -0.05) is 11.2 Å². The molecule has 0 bridgehead atoms. The minimum atomic E-state index is 0.138. The Kier molecular flexibility index (Phi) is 4.67. The van der Waals surface area contributed by atoms with Crippen LogP contribution in [0.5, 0.6) is 5.75 Å². The van der Waals surface area contributed by atoms with Crippen molar-refractivity contribution >= 4 is 5.95 Å². The summed E-state index contributed by atoms with van der Waals surface area (Å²) in [7, 11) is 0. The van der Waals surface area contributed by atoms with Crippen LogP contribution in [0.4, 0.5) is 5.95 Å². The van der Waals surface area contributed by atoms with E-state index in [0.29, 0.717) is 29.6 Å². The van der Waals surface area contributed by atoms with Gasteiger partial charge in [-0.05, 0) is 44.2 Å². The van der Waals surface area contributed by atoms with Crippen molar-refractivity contribution in [1.29, 1.82) is 0 Å². The highest BCUT2D eigenvalue weighted by Crippen LogP contribution is 2.27. The van der Waals surface area contributed by atoms with Crippen LogP contribution in [0.2, 0.25) is 0 Å². The molecule has 2 N–H and O–H groups in total. The van der Waals surface area contributed by atoms with Gasteiger partial charge in [0, 0.05) is 24.5 Å². The zero-order valence-corrected chi connectivity index (χ0v) is 15.4. The average Bonchev–Trinajstić information content (AvgIpc) is 3.10. The summed E-state index contributed by atoms with van der Waals surface area (Å²) < 4.78 is 5.47. The third-order valence-corrected chi connectivity index (χ3v) is 4.28.